The first-order chi connectivity index (χ1) is 10.5. The van der Waals surface area contributed by atoms with Crippen molar-refractivity contribution >= 4 is 38.4 Å². The molecule has 0 aliphatic heterocycles. The minimum atomic E-state index is -0.380. The fourth-order valence-electron chi connectivity index (χ4n) is 2.91. The second-order valence-corrected chi connectivity index (χ2v) is 5.61. The number of benzene rings is 2. The zero-order chi connectivity index (χ0) is 15.4. The molecular weight excluding hydrogens is 278 g/mol. The maximum Gasteiger partial charge on any atom is 0.271 e. The lowest BCUT2D eigenvalue weighted by atomic mass is 10.0. The third-order valence-electron chi connectivity index (χ3n) is 4.25. The highest BCUT2D eigenvalue weighted by Gasteiger charge is 2.13. The quantitative estimate of drug-likeness (QED) is 0.417. The Morgan fingerprint density at radius 2 is 1.82 bits per heavy atom. The minimum absolute atomic E-state index is 0.0864. The molecule has 108 valence electrons. The molecule has 0 spiro atoms. The van der Waals surface area contributed by atoms with Crippen molar-refractivity contribution in [3.63, 3.8) is 0 Å². The number of aromatic nitrogens is 2. The lowest BCUT2D eigenvalue weighted by Gasteiger charge is -2.04. The molecule has 0 aliphatic rings. The first-order valence-electron chi connectivity index (χ1n) is 7.00. The molecule has 2 aromatic carbocycles. The summed E-state index contributed by atoms with van der Waals surface area (Å²) >= 11 is 0. The molecule has 0 fully saturated rings. The standard InChI is InChI=1S/C17H13N3O2/c1-9-5-13-15(6-10(9)2)18-8-14-12-4-3-11(20(21)22)7-16(12)19-17(13)14/h3-8,19H,1-2H3. The fourth-order valence-corrected chi connectivity index (χ4v) is 2.91. The molecule has 0 radical (unpaired) electrons. The second-order valence-electron chi connectivity index (χ2n) is 5.61. The van der Waals surface area contributed by atoms with Crippen LogP contribution in [0.25, 0.3) is 32.7 Å². The van der Waals surface area contributed by atoms with E-state index in [1.165, 1.54) is 17.2 Å². The van der Waals surface area contributed by atoms with Gasteiger partial charge in [0.05, 0.1) is 21.5 Å². The summed E-state index contributed by atoms with van der Waals surface area (Å²) in [6.07, 6.45) is 1.83. The number of hydrogen-bond acceptors (Lipinski definition) is 3. The molecular formula is C17H13N3O2. The highest BCUT2D eigenvalue weighted by Crippen LogP contribution is 2.32. The number of H-pyrrole nitrogens is 1. The summed E-state index contributed by atoms with van der Waals surface area (Å²) in [5.74, 6) is 0. The Balaban J connectivity index is 2.15. The zero-order valence-electron chi connectivity index (χ0n) is 12.2. The number of hydrogen-bond donors (Lipinski definition) is 1. The third-order valence-corrected chi connectivity index (χ3v) is 4.25. The van der Waals surface area contributed by atoms with Gasteiger partial charge in [-0.2, -0.15) is 0 Å². The number of nitrogens with one attached hydrogen (secondary N) is 1. The second kappa shape index (κ2) is 4.27. The number of pyridine rings is 1. The molecule has 0 aliphatic carbocycles. The summed E-state index contributed by atoms with van der Waals surface area (Å²) in [6, 6.07) is 9.06. The number of fused-ring (bicyclic) bond motifs is 5. The van der Waals surface area contributed by atoms with Gasteiger partial charge in [0.1, 0.15) is 0 Å². The summed E-state index contributed by atoms with van der Waals surface area (Å²) in [5, 5.41) is 13.9. The topological polar surface area (TPSA) is 71.8 Å². The SMILES string of the molecule is Cc1cc2ncc3c4ccc([N+](=O)[O-])cc4[nH]c3c2cc1C. The van der Waals surface area contributed by atoms with Crippen LogP contribution in [0, 0.1) is 24.0 Å². The van der Waals surface area contributed by atoms with Crippen LogP contribution in [0.3, 0.4) is 0 Å². The first kappa shape index (κ1) is 12.8. The van der Waals surface area contributed by atoms with Gasteiger partial charge in [0, 0.05) is 34.5 Å². The molecule has 0 saturated heterocycles. The van der Waals surface area contributed by atoms with Crippen LogP contribution in [-0.2, 0) is 0 Å². The van der Waals surface area contributed by atoms with Gasteiger partial charge in [0.25, 0.3) is 5.69 Å². The van der Waals surface area contributed by atoms with E-state index in [-0.39, 0.29) is 10.6 Å². The molecule has 5 nitrogen and oxygen atoms in total. The van der Waals surface area contributed by atoms with Gasteiger partial charge in [-0.3, -0.25) is 15.1 Å². The van der Waals surface area contributed by atoms with Gasteiger partial charge >= 0.3 is 0 Å². The lowest BCUT2D eigenvalue weighted by molar-refractivity contribution is -0.384. The van der Waals surface area contributed by atoms with Crippen LogP contribution in [0.2, 0.25) is 0 Å². The monoisotopic (exact) mass is 291 g/mol. The summed E-state index contributed by atoms with van der Waals surface area (Å²) in [7, 11) is 0. The maximum atomic E-state index is 10.9. The van der Waals surface area contributed by atoms with Gasteiger partial charge < -0.3 is 4.98 Å². The lowest BCUT2D eigenvalue weighted by Crippen LogP contribution is -1.86. The van der Waals surface area contributed by atoms with Crippen molar-refractivity contribution < 1.29 is 4.92 Å². The summed E-state index contributed by atoms with van der Waals surface area (Å²) in [5.41, 5.74) is 5.15. The first-order valence-corrected chi connectivity index (χ1v) is 7.00. The Morgan fingerprint density at radius 3 is 2.59 bits per heavy atom. The average Bonchev–Trinajstić information content (AvgIpc) is 2.86. The van der Waals surface area contributed by atoms with Crippen molar-refractivity contribution in [1.82, 2.24) is 9.97 Å². The predicted molar refractivity (Wildman–Crippen MR) is 87.2 cm³/mol. The molecule has 22 heavy (non-hydrogen) atoms. The van der Waals surface area contributed by atoms with Crippen molar-refractivity contribution in [2.75, 3.05) is 0 Å². The normalized spacial score (nSPS) is 11.5. The molecule has 0 unspecified atom stereocenters. The largest absolute Gasteiger partial charge is 0.354 e. The Bertz CT molecular complexity index is 1080. The van der Waals surface area contributed by atoms with Crippen molar-refractivity contribution in [3.05, 3.63) is 57.8 Å². The summed E-state index contributed by atoms with van der Waals surface area (Å²) < 4.78 is 0. The zero-order valence-corrected chi connectivity index (χ0v) is 12.2. The van der Waals surface area contributed by atoms with Crippen molar-refractivity contribution in [3.8, 4) is 0 Å². The van der Waals surface area contributed by atoms with E-state index in [1.807, 2.05) is 6.20 Å². The average molecular weight is 291 g/mol. The van der Waals surface area contributed by atoms with Crippen LogP contribution in [0.15, 0.2) is 36.5 Å². The van der Waals surface area contributed by atoms with Crippen LogP contribution in [-0.4, -0.2) is 14.9 Å². The van der Waals surface area contributed by atoms with E-state index in [4.69, 9.17) is 0 Å². The number of nitrogens with zero attached hydrogens (tertiary/aromatic N) is 2. The van der Waals surface area contributed by atoms with E-state index in [1.54, 1.807) is 12.1 Å². The third kappa shape index (κ3) is 1.69. The van der Waals surface area contributed by atoms with Gasteiger partial charge in [-0.1, -0.05) is 0 Å². The minimum Gasteiger partial charge on any atom is -0.354 e. The van der Waals surface area contributed by atoms with Crippen LogP contribution in [0.5, 0.6) is 0 Å². The van der Waals surface area contributed by atoms with Crippen molar-refractivity contribution in [2.24, 2.45) is 0 Å². The van der Waals surface area contributed by atoms with Gasteiger partial charge in [-0.25, -0.2) is 0 Å². The van der Waals surface area contributed by atoms with Gasteiger partial charge in [-0.15, -0.1) is 0 Å². The van der Waals surface area contributed by atoms with Crippen molar-refractivity contribution in [1.29, 1.82) is 0 Å². The number of aryl methyl sites for hydroxylation is 2. The summed E-state index contributed by atoms with van der Waals surface area (Å²) in [4.78, 5) is 18.4. The number of rotatable bonds is 1. The van der Waals surface area contributed by atoms with E-state index in [0.29, 0.717) is 0 Å². The van der Waals surface area contributed by atoms with Gasteiger partial charge in [0.15, 0.2) is 0 Å². The Morgan fingerprint density at radius 1 is 1.05 bits per heavy atom. The molecule has 0 bridgehead atoms. The van der Waals surface area contributed by atoms with Crippen molar-refractivity contribution in [2.45, 2.75) is 13.8 Å². The molecule has 4 aromatic rings. The highest BCUT2D eigenvalue weighted by molar-refractivity contribution is 6.16. The molecule has 2 heterocycles. The van der Waals surface area contributed by atoms with E-state index in [0.717, 1.165) is 32.7 Å². The number of nitro groups is 1. The smallest absolute Gasteiger partial charge is 0.271 e. The van der Waals surface area contributed by atoms with Crippen LogP contribution >= 0.6 is 0 Å². The van der Waals surface area contributed by atoms with Crippen LogP contribution in [0.1, 0.15) is 11.1 Å². The molecule has 1 N–H and O–H groups in total. The van der Waals surface area contributed by atoms with E-state index < -0.39 is 0 Å². The van der Waals surface area contributed by atoms with E-state index >= 15 is 0 Å². The molecule has 0 atom stereocenters. The van der Waals surface area contributed by atoms with Gasteiger partial charge in [-0.05, 0) is 43.2 Å². The molecule has 2 aromatic heterocycles. The number of non-ortho nitro benzene ring substituents is 1. The molecule has 4 rings (SSSR count). The fraction of sp³-hybridized carbons (Fsp3) is 0.118. The maximum absolute atomic E-state index is 10.9. The molecule has 0 amide bonds. The Labute approximate surface area is 125 Å². The van der Waals surface area contributed by atoms with Crippen LogP contribution < -0.4 is 0 Å². The predicted octanol–water partition coefficient (Wildman–Crippen LogP) is 4.39. The number of nitro benzene ring substituents is 1. The Hall–Kier alpha value is -2.95. The summed E-state index contributed by atoms with van der Waals surface area (Å²) in [6.45, 7) is 4.14. The molecule has 5 heteroatoms. The highest BCUT2D eigenvalue weighted by atomic mass is 16.6. The van der Waals surface area contributed by atoms with Gasteiger partial charge in [0.2, 0.25) is 0 Å². The van der Waals surface area contributed by atoms with E-state index in [9.17, 15) is 10.1 Å². The number of aromatic amines is 1. The Kier molecular flexibility index (Phi) is 2.48. The molecule has 0 saturated carbocycles. The van der Waals surface area contributed by atoms with Crippen LogP contribution in [0.4, 0.5) is 5.69 Å². The van der Waals surface area contributed by atoms with E-state index in [2.05, 4.69) is 35.9 Å².